The molecule has 2 rings (SSSR count). The van der Waals surface area contributed by atoms with Crippen molar-refractivity contribution in [1.29, 1.82) is 0 Å². The normalized spacial score (nSPS) is 19.4. The molecule has 1 aliphatic heterocycles. The third-order valence-electron chi connectivity index (χ3n) is 3.65. The number of nitro benzene ring substituents is 1. The van der Waals surface area contributed by atoms with Crippen molar-refractivity contribution in [2.75, 3.05) is 32.1 Å². The Morgan fingerprint density at radius 3 is 2.85 bits per heavy atom. The van der Waals surface area contributed by atoms with Crippen LogP contribution in [0.5, 0.6) is 0 Å². The molecule has 6 heteroatoms. The average Bonchev–Trinajstić information content (AvgIpc) is 2.39. The molecular weight excluding hydrogens is 261 g/mol. The van der Waals surface area contributed by atoms with Crippen LogP contribution >= 0.6 is 0 Å². The van der Waals surface area contributed by atoms with E-state index in [9.17, 15) is 14.5 Å². The van der Waals surface area contributed by atoms with Gasteiger partial charge in [0, 0.05) is 19.1 Å². The van der Waals surface area contributed by atoms with Crippen LogP contribution in [0.15, 0.2) is 18.2 Å². The zero-order chi connectivity index (χ0) is 14.7. The standard InChI is InChI=1S/C14H20FN3O2/c1-16(2)10-12-5-3-4-8-17(12)13-7-6-11(15)9-14(13)18(19)20/h6-7,9,12H,3-5,8,10H2,1-2H3. The number of nitro groups is 1. The number of halogens is 1. The molecule has 0 spiro atoms. The Morgan fingerprint density at radius 2 is 2.20 bits per heavy atom. The molecule has 110 valence electrons. The molecule has 0 aliphatic carbocycles. The second kappa shape index (κ2) is 6.17. The molecule has 0 amide bonds. The minimum absolute atomic E-state index is 0.143. The van der Waals surface area contributed by atoms with E-state index in [4.69, 9.17) is 0 Å². The van der Waals surface area contributed by atoms with Crippen LogP contribution in [0.3, 0.4) is 0 Å². The topological polar surface area (TPSA) is 49.6 Å². The highest BCUT2D eigenvalue weighted by Gasteiger charge is 2.28. The summed E-state index contributed by atoms with van der Waals surface area (Å²) < 4.78 is 13.3. The molecule has 1 heterocycles. The van der Waals surface area contributed by atoms with E-state index in [1.807, 2.05) is 14.1 Å². The van der Waals surface area contributed by atoms with Gasteiger partial charge >= 0.3 is 0 Å². The molecular formula is C14H20FN3O2. The largest absolute Gasteiger partial charge is 0.362 e. The van der Waals surface area contributed by atoms with Gasteiger partial charge in [0.2, 0.25) is 0 Å². The van der Waals surface area contributed by atoms with Crippen LogP contribution in [-0.2, 0) is 0 Å². The minimum Gasteiger partial charge on any atom is -0.362 e. The number of nitrogens with zero attached hydrogens (tertiary/aromatic N) is 3. The quantitative estimate of drug-likeness (QED) is 0.629. The highest BCUT2D eigenvalue weighted by molar-refractivity contribution is 5.64. The zero-order valence-corrected chi connectivity index (χ0v) is 11.9. The van der Waals surface area contributed by atoms with E-state index in [0.29, 0.717) is 5.69 Å². The predicted molar refractivity (Wildman–Crippen MR) is 76.6 cm³/mol. The van der Waals surface area contributed by atoms with Crippen molar-refractivity contribution in [3.8, 4) is 0 Å². The Balaban J connectivity index is 2.34. The van der Waals surface area contributed by atoms with E-state index in [0.717, 1.165) is 38.4 Å². The maximum atomic E-state index is 13.3. The van der Waals surface area contributed by atoms with E-state index < -0.39 is 10.7 Å². The molecule has 1 atom stereocenters. The third-order valence-corrected chi connectivity index (χ3v) is 3.65. The van der Waals surface area contributed by atoms with Crippen LogP contribution in [0.4, 0.5) is 15.8 Å². The van der Waals surface area contributed by atoms with Crippen LogP contribution in [-0.4, -0.2) is 43.0 Å². The summed E-state index contributed by atoms with van der Waals surface area (Å²) >= 11 is 0. The van der Waals surface area contributed by atoms with Crippen LogP contribution in [0.1, 0.15) is 19.3 Å². The van der Waals surface area contributed by atoms with Crippen molar-refractivity contribution in [2.24, 2.45) is 0 Å². The molecule has 0 radical (unpaired) electrons. The fraction of sp³-hybridized carbons (Fsp3) is 0.571. The van der Waals surface area contributed by atoms with Gasteiger partial charge in [-0.2, -0.15) is 0 Å². The van der Waals surface area contributed by atoms with Crippen LogP contribution in [0.2, 0.25) is 0 Å². The lowest BCUT2D eigenvalue weighted by Crippen LogP contribution is -2.45. The highest BCUT2D eigenvalue weighted by Crippen LogP contribution is 2.33. The number of benzene rings is 1. The number of likely N-dealkylation sites (N-methyl/N-ethyl adjacent to an activating group) is 1. The van der Waals surface area contributed by atoms with Gasteiger partial charge in [-0.3, -0.25) is 10.1 Å². The molecule has 5 nitrogen and oxygen atoms in total. The molecule has 0 bridgehead atoms. The zero-order valence-electron chi connectivity index (χ0n) is 11.9. The van der Waals surface area contributed by atoms with Gasteiger partial charge in [-0.15, -0.1) is 0 Å². The summed E-state index contributed by atoms with van der Waals surface area (Å²) in [6, 6.07) is 4.07. The van der Waals surface area contributed by atoms with Crippen LogP contribution < -0.4 is 4.90 Å². The average molecular weight is 281 g/mol. The van der Waals surface area contributed by atoms with Gasteiger partial charge in [-0.25, -0.2) is 4.39 Å². The SMILES string of the molecule is CN(C)CC1CCCCN1c1ccc(F)cc1[N+](=O)[O-]. The summed E-state index contributed by atoms with van der Waals surface area (Å²) in [4.78, 5) is 14.8. The Labute approximate surface area is 118 Å². The fourth-order valence-electron chi connectivity index (χ4n) is 2.81. The molecule has 1 aromatic carbocycles. The predicted octanol–water partition coefficient (Wildman–Crippen LogP) is 2.65. The first-order chi connectivity index (χ1) is 9.49. The van der Waals surface area contributed by atoms with Crippen molar-refractivity contribution >= 4 is 11.4 Å². The van der Waals surface area contributed by atoms with Gasteiger partial charge in [0.05, 0.1) is 11.0 Å². The summed E-state index contributed by atoms with van der Waals surface area (Å²) in [5.74, 6) is -0.568. The second-order valence-corrected chi connectivity index (χ2v) is 5.50. The first-order valence-corrected chi connectivity index (χ1v) is 6.84. The Bertz CT molecular complexity index is 493. The van der Waals surface area contributed by atoms with Gasteiger partial charge in [-0.05, 0) is 45.5 Å². The molecule has 1 saturated heterocycles. The van der Waals surface area contributed by atoms with Crippen molar-refractivity contribution < 1.29 is 9.31 Å². The summed E-state index contributed by atoms with van der Waals surface area (Å²) in [7, 11) is 3.98. The summed E-state index contributed by atoms with van der Waals surface area (Å²) in [5.41, 5.74) is 0.388. The van der Waals surface area contributed by atoms with Gasteiger partial charge in [0.15, 0.2) is 0 Å². The number of anilines is 1. The summed E-state index contributed by atoms with van der Waals surface area (Å²) in [6.45, 7) is 1.62. The van der Waals surface area contributed by atoms with Crippen molar-refractivity contribution in [3.63, 3.8) is 0 Å². The molecule has 1 aromatic rings. The lowest BCUT2D eigenvalue weighted by atomic mass is 10.0. The van der Waals surface area contributed by atoms with Crippen molar-refractivity contribution in [2.45, 2.75) is 25.3 Å². The van der Waals surface area contributed by atoms with Crippen LogP contribution in [0.25, 0.3) is 0 Å². The number of hydrogen-bond acceptors (Lipinski definition) is 4. The fourth-order valence-corrected chi connectivity index (χ4v) is 2.81. The maximum absolute atomic E-state index is 13.3. The van der Waals surface area contributed by atoms with Crippen molar-refractivity contribution in [1.82, 2.24) is 4.90 Å². The Kier molecular flexibility index (Phi) is 4.54. The molecule has 1 aliphatic rings. The molecule has 1 unspecified atom stereocenters. The van der Waals surface area contributed by atoms with Gasteiger partial charge < -0.3 is 9.80 Å². The Hall–Kier alpha value is -1.69. The maximum Gasteiger partial charge on any atom is 0.295 e. The smallest absolute Gasteiger partial charge is 0.295 e. The van der Waals surface area contributed by atoms with Gasteiger partial charge in [0.1, 0.15) is 11.5 Å². The number of hydrogen-bond donors (Lipinski definition) is 0. The lowest BCUT2D eigenvalue weighted by Gasteiger charge is -2.38. The molecule has 0 aromatic heterocycles. The number of piperidine rings is 1. The summed E-state index contributed by atoms with van der Waals surface area (Å²) in [5, 5.41) is 11.1. The minimum atomic E-state index is -0.568. The number of rotatable bonds is 4. The van der Waals surface area contributed by atoms with Gasteiger partial charge in [0.25, 0.3) is 5.69 Å². The first-order valence-electron chi connectivity index (χ1n) is 6.84. The summed E-state index contributed by atoms with van der Waals surface area (Å²) in [6.07, 6.45) is 3.15. The van der Waals surface area contributed by atoms with E-state index in [1.54, 1.807) is 0 Å². The molecule has 1 fully saturated rings. The van der Waals surface area contributed by atoms with Gasteiger partial charge in [-0.1, -0.05) is 0 Å². The molecule has 20 heavy (non-hydrogen) atoms. The Morgan fingerprint density at radius 1 is 1.45 bits per heavy atom. The lowest BCUT2D eigenvalue weighted by molar-refractivity contribution is -0.384. The van der Waals surface area contributed by atoms with E-state index >= 15 is 0 Å². The second-order valence-electron chi connectivity index (χ2n) is 5.50. The molecule has 0 N–H and O–H groups in total. The van der Waals surface area contributed by atoms with E-state index in [2.05, 4.69) is 9.80 Å². The van der Waals surface area contributed by atoms with Crippen LogP contribution in [0, 0.1) is 15.9 Å². The van der Waals surface area contributed by atoms with E-state index in [-0.39, 0.29) is 11.7 Å². The monoisotopic (exact) mass is 281 g/mol. The van der Waals surface area contributed by atoms with E-state index in [1.165, 1.54) is 12.1 Å². The first kappa shape index (κ1) is 14.7. The molecule has 0 saturated carbocycles. The van der Waals surface area contributed by atoms with Crippen molar-refractivity contribution in [3.05, 3.63) is 34.1 Å². The third kappa shape index (κ3) is 3.25. The highest BCUT2D eigenvalue weighted by atomic mass is 19.1.